The van der Waals surface area contributed by atoms with Crippen molar-refractivity contribution in [3.63, 3.8) is 0 Å². The van der Waals surface area contributed by atoms with Crippen molar-refractivity contribution in [3.05, 3.63) is 30.6 Å². The van der Waals surface area contributed by atoms with E-state index < -0.39 is 10.0 Å². The van der Waals surface area contributed by atoms with Crippen molar-refractivity contribution < 1.29 is 8.42 Å². The number of hydrogen-bond acceptors (Lipinski definition) is 5. The summed E-state index contributed by atoms with van der Waals surface area (Å²) < 4.78 is 27.6. The highest BCUT2D eigenvalue weighted by atomic mass is 35.5. The second kappa shape index (κ2) is 5.98. The quantitative estimate of drug-likeness (QED) is 0.805. The van der Waals surface area contributed by atoms with Crippen molar-refractivity contribution in [2.24, 2.45) is 0 Å². The SMILES string of the molecule is O=S(=O)(CCCCl)Nc1ccccc1-n1cnnn1. The van der Waals surface area contributed by atoms with Gasteiger partial charge >= 0.3 is 0 Å². The van der Waals surface area contributed by atoms with E-state index in [-0.39, 0.29) is 5.75 Å². The van der Waals surface area contributed by atoms with Gasteiger partial charge in [-0.15, -0.1) is 16.7 Å². The summed E-state index contributed by atoms with van der Waals surface area (Å²) in [5.74, 6) is 0.274. The molecule has 1 N–H and O–H groups in total. The largest absolute Gasteiger partial charge is 0.281 e. The molecule has 0 spiro atoms. The maximum Gasteiger partial charge on any atom is 0.232 e. The van der Waals surface area contributed by atoms with Gasteiger partial charge in [0.15, 0.2) is 0 Å². The lowest BCUT2D eigenvalue weighted by molar-refractivity contribution is 0.600. The van der Waals surface area contributed by atoms with Crippen LogP contribution in [0.5, 0.6) is 0 Å². The Bertz CT molecular complexity index is 629. The van der Waals surface area contributed by atoms with E-state index in [0.717, 1.165) is 0 Å². The van der Waals surface area contributed by atoms with Gasteiger partial charge in [-0.2, -0.15) is 4.68 Å². The van der Waals surface area contributed by atoms with E-state index >= 15 is 0 Å². The molecule has 0 bridgehead atoms. The molecule has 19 heavy (non-hydrogen) atoms. The summed E-state index contributed by atoms with van der Waals surface area (Å²) in [5, 5.41) is 10.8. The van der Waals surface area contributed by atoms with E-state index in [1.54, 1.807) is 24.3 Å². The molecule has 0 aliphatic rings. The molecule has 2 aromatic rings. The van der Waals surface area contributed by atoms with Gasteiger partial charge in [-0.3, -0.25) is 4.72 Å². The normalized spacial score (nSPS) is 11.4. The van der Waals surface area contributed by atoms with Gasteiger partial charge in [-0.25, -0.2) is 8.42 Å². The molecule has 1 aromatic heterocycles. The first-order valence-corrected chi connectivity index (χ1v) is 7.70. The van der Waals surface area contributed by atoms with Gasteiger partial charge < -0.3 is 0 Å². The molecular formula is C10H12ClN5O2S. The Balaban J connectivity index is 2.26. The second-order valence-corrected chi connectivity index (χ2v) is 5.95. The molecule has 0 aliphatic carbocycles. The zero-order valence-corrected chi connectivity index (χ0v) is 11.5. The van der Waals surface area contributed by atoms with Crippen molar-refractivity contribution in [1.29, 1.82) is 0 Å². The third kappa shape index (κ3) is 3.65. The first-order chi connectivity index (χ1) is 9.12. The van der Waals surface area contributed by atoms with Crippen molar-refractivity contribution in [2.75, 3.05) is 16.4 Å². The van der Waals surface area contributed by atoms with Gasteiger partial charge in [0, 0.05) is 5.88 Å². The fourth-order valence-corrected chi connectivity index (χ4v) is 2.92. The number of nitrogens with one attached hydrogen (secondary N) is 1. The van der Waals surface area contributed by atoms with Crippen LogP contribution in [0.3, 0.4) is 0 Å². The lowest BCUT2D eigenvalue weighted by Gasteiger charge is -2.11. The van der Waals surface area contributed by atoms with Crippen LogP contribution in [0.15, 0.2) is 30.6 Å². The average Bonchev–Trinajstić information content (AvgIpc) is 2.90. The molecule has 1 heterocycles. The van der Waals surface area contributed by atoms with Gasteiger partial charge in [0.25, 0.3) is 0 Å². The van der Waals surface area contributed by atoms with Crippen molar-refractivity contribution >= 4 is 27.3 Å². The molecule has 0 saturated carbocycles. The molecular weight excluding hydrogens is 290 g/mol. The number of nitrogens with zero attached hydrogens (tertiary/aromatic N) is 4. The van der Waals surface area contributed by atoms with Crippen molar-refractivity contribution in [3.8, 4) is 5.69 Å². The van der Waals surface area contributed by atoms with E-state index in [2.05, 4.69) is 20.2 Å². The number of alkyl halides is 1. The number of aromatic nitrogens is 4. The van der Waals surface area contributed by atoms with E-state index in [4.69, 9.17) is 11.6 Å². The Morgan fingerprint density at radius 3 is 2.79 bits per heavy atom. The first-order valence-electron chi connectivity index (χ1n) is 5.51. The van der Waals surface area contributed by atoms with Crippen LogP contribution in [0.25, 0.3) is 5.69 Å². The average molecular weight is 302 g/mol. The molecule has 0 fully saturated rings. The van der Waals surface area contributed by atoms with Crippen LogP contribution in [0.2, 0.25) is 0 Å². The highest BCUT2D eigenvalue weighted by Gasteiger charge is 2.13. The van der Waals surface area contributed by atoms with Crippen LogP contribution in [-0.4, -0.2) is 40.3 Å². The number of benzene rings is 1. The predicted octanol–water partition coefficient (Wildman–Crippen LogP) is 1.03. The number of anilines is 1. The van der Waals surface area contributed by atoms with E-state index in [9.17, 15) is 8.42 Å². The molecule has 1 aromatic carbocycles. The molecule has 0 radical (unpaired) electrons. The molecule has 7 nitrogen and oxygen atoms in total. The Morgan fingerprint density at radius 1 is 1.32 bits per heavy atom. The van der Waals surface area contributed by atoms with Crippen LogP contribution < -0.4 is 4.72 Å². The Hall–Kier alpha value is -1.67. The van der Waals surface area contributed by atoms with Crippen LogP contribution >= 0.6 is 11.6 Å². The number of hydrogen-bond donors (Lipinski definition) is 1. The minimum absolute atomic E-state index is 0.0273. The van der Waals surface area contributed by atoms with E-state index in [0.29, 0.717) is 23.7 Å². The third-order valence-electron chi connectivity index (χ3n) is 2.31. The number of rotatable bonds is 6. The number of halogens is 1. The third-order valence-corrected chi connectivity index (χ3v) is 3.94. The Morgan fingerprint density at radius 2 is 2.11 bits per heavy atom. The topological polar surface area (TPSA) is 89.8 Å². The van der Waals surface area contributed by atoms with Crippen LogP contribution in [0.4, 0.5) is 5.69 Å². The molecule has 2 rings (SSSR count). The van der Waals surface area contributed by atoms with Gasteiger partial charge in [0.2, 0.25) is 10.0 Å². The van der Waals surface area contributed by atoms with Gasteiger partial charge in [-0.05, 0) is 29.0 Å². The standard InChI is InChI=1S/C10H12ClN5O2S/c11-6-3-7-19(17,18)13-9-4-1-2-5-10(9)16-8-12-14-15-16/h1-2,4-5,8,13H,3,6-7H2. The highest BCUT2D eigenvalue weighted by molar-refractivity contribution is 7.92. The minimum atomic E-state index is -3.43. The zero-order valence-electron chi connectivity index (χ0n) is 9.90. The number of para-hydroxylation sites is 2. The van der Waals surface area contributed by atoms with Gasteiger partial charge in [0.05, 0.1) is 17.1 Å². The summed E-state index contributed by atoms with van der Waals surface area (Å²) in [4.78, 5) is 0. The molecule has 9 heteroatoms. The Labute approximate surface area is 115 Å². The maximum absolute atomic E-state index is 11.8. The molecule has 0 unspecified atom stereocenters. The minimum Gasteiger partial charge on any atom is -0.281 e. The summed E-state index contributed by atoms with van der Waals surface area (Å²) in [7, 11) is -3.43. The maximum atomic E-state index is 11.8. The number of sulfonamides is 1. The summed E-state index contributed by atoms with van der Waals surface area (Å²) in [5.41, 5.74) is 0.978. The predicted molar refractivity (Wildman–Crippen MR) is 71.9 cm³/mol. The van der Waals surface area contributed by atoms with Crippen LogP contribution in [-0.2, 0) is 10.0 Å². The van der Waals surface area contributed by atoms with Crippen molar-refractivity contribution in [1.82, 2.24) is 20.2 Å². The van der Waals surface area contributed by atoms with Crippen molar-refractivity contribution in [2.45, 2.75) is 6.42 Å². The highest BCUT2D eigenvalue weighted by Crippen LogP contribution is 2.19. The van der Waals surface area contributed by atoms with Crippen LogP contribution in [0.1, 0.15) is 6.42 Å². The zero-order chi connectivity index (χ0) is 13.7. The summed E-state index contributed by atoms with van der Waals surface area (Å²) in [6, 6.07) is 6.87. The number of tetrazole rings is 1. The molecule has 0 aliphatic heterocycles. The van der Waals surface area contributed by atoms with Gasteiger partial charge in [-0.1, -0.05) is 12.1 Å². The van der Waals surface area contributed by atoms with Gasteiger partial charge in [0.1, 0.15) is 6.33 Å². The summed E-state index contributed by atoms with van der Waals surface area (Å²) in [6.45, 7) is 0. The molecule has 0 saturated heterocycles. The molecule has 0 atom stereocenters. The molecule has 102 valence electrons. The lowest BCUT2D eigenvalue weighted by Crippen LogP contribution is -2.18. The summed E-state index contributed by atoms with van der Waals surface area (Å²) in [6.07, 6.45) is 1.79. The van der Waals surface area contributed by atoms with E-state index in [1.807, 2.05) is 0 Å². The molecule has 0 amide bonds. The van der Waals surface area contributed by atoms with Crippen LogP contribution in [0, 0.1) is 0 Å². The second-order valence-electron chi connectivity index (χ2n) is 3.74. The monoisotopic (exact) mass is 301 g/mol. The smallest absolute Gasteiger partial charge is 0.232 e. The van der Waals surface area contributed by atoms with E-state index in [1.165, 1.54) is 11.0 Å². The fraction of sp³-hybridized carbons (Fsp3) is 0.300. The first kappa shape index (κ1) is 13.8. The summed E-state index contributed by atoms with van der Waals surface area (Å²) >= 11 is 5.50. The fourth-order valence-electron chi connectivity index (χ4n) is 1.49. The Kier molecular flexibility index (Phi) is 4.33. The lowest BCUT2D eigenvalue weighted by atomic mass is 10.3.